The van der Waals surface area contributed by atoms with Gasteiger partial charge in [0.15, 0.2) is 6.10 Å². The number of nitrogens with one attached hydrogen (secondary N) is 1. The number of amides is 1. The van der Waals surface area contributed by atoms with E-state index in [0.717, 1.165) is 18.4 Å². The largest absolute Gasteiger partial charge is 0.363 e. The Labute approximate surface area is 120 Å². The number of hydrogen-bond acceptors (Lipinski definition) is 3. The molecule has 1 aromatic carbocycles. The lowest BCUT2D eigenvalue weighted by Crippen LogP contribution is -2.35. The molecule has 0 bridgehead atoms. The van der Waals surface area contributed by atoms with E-state index in [9.17, 15) is 4.79 Å². The Bertz CT molecular complexity index is 424. The molecule has 0 aromatic heterocycles. The predicted molar refractivity (Wildman–Crippen MR) is 77.4 cm³/mol. The maximum Gasteiger partial charge on any atom is 0.253 e. The third kappa shape index (κ3) is 4.20. The number of carbonyl (C=O) groups is 1. The third-order valence-corrected chi connectivity index (χ3v) is 3.13. The normalized spacial score (nSPS) is 18.9. The molecule has 1 aromatic rings. The van der Waals surface area contributed by atoms with Crippen molar-refractivity contribution >= 4 is 18.3 Å². The van der Waals surface area contributed by atoms with Crippen LogP contribution < -0.4 is 11.1 Å². The summed E-state index contributed by atoms with van der Waals surface area (Å²) in [6, 6.07) is 8.06. The number of fused-ring (bicyclic) bond motifs is 1. The smallest absolute Gasteiger partial charge is 0.253 e. The maximum atomic E-state index is 12.1. The Morgan fingerprint density at radius 2 is 2.26 bits per heavy atom. The van der Waals surface area contributed by atoms with Crippen LogP contribution in [0.2, 0.25) is 0 Å². The van der Waals surface area contributed by atoms with Crippen molar-refractivity contribution in [2.75, 3.05) is 13.2 Å². The fourth-order valence-corrected chi connectivity index (χ4v) is 2.13. The van der Waals surface area contributed by atoms with Crippen molar-refractivity contribution in [3.8, 4) is 0 Å². The maximum absolute atomic E-state index is 12.1. The van der Waals surface area contributed by atoms with Crippen molar-refractivity contribution in [2.24, 2.45) is 5.73 Å². The lowest BCUT2D eigenvalue weighted by molar-refractivity contribution is -0.134. The Morgan fingerprint density at radius 1 is 1.53 bits per heavy atom. The second-order valence-electron chi connectivity index (χ2n) is 4.76. The summed E-state index contributed by atoms with van der Waals surface area (Å²) in [5.74, 6) is -0.0669. The van der Waals surface area contributed by atoms with Gasteiger partial charge in [-0.1, -0.05) is 24.3 Å². The Kier molecular flexibility index (Phi) is 6.28. The fourth-order valence-electron chi connectivity index (χ4n) is 2.13. The van der Waals surface area contributed by atoms with E-state index in [-0.39, 0.29) is 24.4 Å². The van der Waals surface area contributed by atoms with Crippen molar-refractivity contribution in [2.45, 2.75) is 31.9 Å². The molecule has 2 unspecified atom stereocenters. The van der Waals surface area contributed by atoms with Gasteiger partial charge < -0.3 is 15.8 Å². The molecule has 0 aliphatic carbocycles. The monoisotopic (exact) mass is 284 g/mol. The van der Waals surface area contributed by atoms with Crippen LogP contribution in [0.5, 0.6) is 0 Å². The lowest BCUT2D eigenvalue weighted by Gasteiger charge is -2.25. The van der Waals surface area contributed by atoms with E-state index in [1.54, 1.807) is 0 Å². The van der Waals surface area contributed by atoms with Gasteiger partial charge in [-0.15, -0.1) is 12.4 Å². The van der Waals surface area contributed by atoms with E-state index in [1.165, 1.54) is 5.56 Å². The number of nitrogens with two attached hydrogens (primary N) is 1. The number of halogens is 1. The zero-order valence-corrected chi connectivity index (χ0v) is 11.9. The van der Waals surface area contributed by atoms with Gasteiger partial charge in [-0.25, -0.2) is 0 Å². The topological polar surface area (TPSA) is 64.3 Å². The molecule has 3 N–H and O–H groups in total. The minimum absolute atomic E-state index is 0. The number of rotatable bonds is 4. The Morgan fingerprint density at radius 3 is 3.00 bits per heavy atom. The van der Waals surface area contributed by atoms with Gasteiger partial charge in [0.2, 0.25) is 0 Å². The van der Waals surface area contributed by atoms with Crippen molar-refractivity contribution < 1.29 is 9.53 Å². The number of ether oxygens (including phenoxy) is 1. The zero-order chi connectivity index (χ0) is 13.0. The lowest BCUT2D eigenvalue weighted by atomic mass is 9.97. The van der Waals surface area contributed by atoms with Gasteiger partial charge in [-0.2, -0.15) is 0 Å². The minimum atomic E-state index is -0.469. The van der Waals surface area contributed by atoms with E-state index >= 15 is 0 Å². The zero-order valence-electron chi connectivity index (χ0n) is 11.1. The first kappa shape index (κ1) is 16.0. The molecule has 1 heterocycles. The second-order valence-corrected chi connectivity index (χ2v) is 4.76. The molecule has 0 spiro atoms. The molecule has 106 valence electrons. The number of benzene rings is 1. The van der Waals surface area contributed by atoms with Crippen LogP contribution in [0.1, 0.15) is 30.6 Å². The molecule has 5 heteroatoms. The van der Waals surface area contributed by atoms with E-state index in [4.69, 9.17) is 10.5 Å². The summed E-state index contributed by atoms with van der Waals surface area (Å²) in [5, 5.41) is 2.88. The highest BCUT2D eigenvalue weighted by atomic mass is 35.5. The SMILES string of the molecule is CC(N)CCNC(=O)C1OCCc2ccccc21.Cl. The van der Waals surface area contributed by atoms with Crippen LogP contribution in [0.4, 0.5) is 0 Å². The molecule has 0 fully saturated rings. The average Bonchev–Trinajstić information content (AvgIpc) is 2.37. The van der Waals surface area contributed by atoms with Crippen molar-refractivity contribution in [1.29, 1.82) is 0 Å². The van der Waals surface area contributed by atoms with E-state index in [0.29, 0.717) is 13.2 Å². The van der Waals surface area contributed by atoms with Gasteiger partial charge in [-0.3, -0.25) is 4.79 Å². The fraction of sp³-hybridized carbons (Fsp3) is 0.500. The summed E-state index contributed by atoms with van der Waals surface area (Å²) < 4.78 is 5.58. The number of carbonyl (C=O) groups excluding carboxylic acids is 1. The molecule has 4 nitrogen and oxygen atoms in total. The van der Waals surface area contributed by atoms with Crippen LogP contribution in [-0.4, -0.2) is 25.1 Å². The number of hydrogen-bond donors (Lipinski definition) is 2. The quantitative estimate of drug-likeness (QED) is 0.882. The summed E-state index contributed by atoms with van der Waals surface area (Å²) in [6.45, 7) is 3.12. The van der Waals surface area contributed by atoms with Crippen LogP contribution >= 0.6 is 12.4 Å². The Balaban J connectivity index is 0.00000180. The van der Waals surface area contributed by atoms with Crippen LogP contribution in [0.25, 0.3) is 0 Å². The summed E-state index contributed by atoms with van der Waals surface area (Å²) in [4.78, 5) is 12.1. The summed E-state index contributed by atoms with van der Waals surface area (Å²) in [7, 11) is 0. The molecule has 0 saturated heterocycles. The van der Waals surface area contributed by atoms with Gasteiger partial charge in [-0.05, 0) is 30.9 Å². The molecule has 0 saturated carbocycles. The Hall–Kier alpha value is -1.10. The molecular weight excluding hydrogens is 264 g/mol. The summed E-state index contributed by atoms with van der Waals surface area (Å²) >= 11 is 0. The van der Waals surface area contributed by atoms with Gasteiger partial charge in [0.1, 0.15) is 0 Å². The van der Waals surface area contributed by atoms with Gasteiger partial charge in [0.25, 0.3) is 5.91 Å². The molecule has 2 atom stereocenters. The second kappa shape index (κ2) is 7.48. The van der Waals surface area contributed by atoms with Crippen molar-refractivity contribution in [1.82, 2.24) is 5.32 Å². The van der Waals surface area contributed by atoms with Gasteiger partial charge in [0, 0.05) is 12.6 Å². The minimum Gasteiger partial charge on any atom is -0.363 e. The van der Waals surface area contributed by atoms with E-state index in [2.05, 4.69) is 11.4 Å². The molecule has 1 aliphatic heterocycles. The van der Waals surface area contributed by atoms with Crippen LogP contribution in [0.3, 0.4) is 0 Å². The highest BCUT2D eigenvalue weighted by Gasteiger charge is 2.26. The first-order valence-electron chi connectivity index (χ1n) is 6.41. The molecule has 19 heavy (non-hydrogen) atoms. The van der Waals surface area contributed by atoms with Crippen LogP contribution in [0, 0.1) is 0 Å². The third-order valence-electron chi connectivity index (χ3n) is 3.13. The summed E-state index contributed by atoms with van der Waals surface area (Å²) in [5.41, 5.74) is 7.84. The average molecular weight is 285 g/mol. The molecule has 2 rings (SSSR count). The standard InChI is InChI=1S/C14H20N2O2.ClH/c1-10(15)6-8-16-14(17)13-12-5-3-2-4-11(12)7-9-18-13;/h2-5,10,13H,6-9,15H2,1H3,(H,16,17);1H. The molecule has 0 radical (unpaired) electrons. The molecular formula is C14H21ClN2O2. The highest BCUT2D eigenvalue weighted by molar-refractivity contribution is 5.85. The van der Waals surface area contributed by atoms with E-state index in [1.807, 2.05) is 25.1 Å². The van der Waals surface area contributed by atoms with Crippen molar-refractivity contribution in [3.05, 3.63) is 35.4 Å². The van der Waals surface area contributed by atoms with Crippen molar-refractivity contribution in [3.63, 3.8) is 0 Å². The molecule has 1 aliphatic rings. The first-order valence-corrected chi connectivity index (χ1v) is 6.41. The van der Waals surface area contributed by atoms with Gasteiger partial charge in [0.05, 0.1) is 6.61 Å². The van der Waals surface area contributed by atoms with Crippen LogP contribution in [-0.2, 0) is 16.0 Å². The first-order chi connectivity index (χ1) is 8.68. The highest BCUT2D eigenvalue weighted by Crippen LogP contribution is 2.26. The predicted octanol–water partition coefficient (Wildman–Crippen LogP) is 1.58. The van der Waals surface area contributed by atoms with Gasteiger partial charge >= 0.3 is 0 Å². The van der Waals surface area contributed by atoms with E-state index < -0.39 is 6.10 Å². The summed E-state index contributed by atoms with van der Waals surface area (Å²) in [6.07, 6.45) is 1.18. The molecule has 1 amide bonds. The van der Waals surface area contributed by atoms with Crippen LogP contribution in [0.15, 0.2) is 24.3 Å².